The third-order valence-corrected chi connectivity index (χ3v) is 14.5. The molecule has 6 unspecified atom stereocenters. The van der Waals surface area contributed by atoms with Gasteiger partial charge in [-0.15, -0.1) is 0 Å². The molecule has 0 aromatic carbocycles. The highest BCUT2D eigenvalue weighted by Gasteiger charge is 2.50. The van der Waals surface area contributed by atoms with Crippen LogP contribution in [0, 0.1) is 0 Å². The van der Waals surface area contributed by atoms with Gasteiger partial charge in [-0.05, 0) is 96.3 Å². The molecule has 0 spiro atoms. The predicted molar refractivity (Wildman–Crippen MR) is 349 cm³/mol. The van der Waals surface area contributed by atoms with Gasteiger partial charge in [0.1, 0.15) is 18.8 Å². The summed E-state index contributed by atoms with van der Waals surface area (Å²) in [4.78, 5) is 51.4. The summed E-state index contributed by atoms with van der Waals surface area (Å²) in [5.74, 6) is -3.26. The van der Waals surface area contributed by atoms with Crippen molar-refractivity contribution in [3.05, 3.63) is 122 Å². The number of unbranched alkanes of at least 4 members (excludes halogenated alkanes) is 22. The van der Waals surface area contributed by atoms with E-state index in [1.54, 1.807) is 0 Å². The molecule has 1 heterocycles. The molecule has 0 aliphatic carbocycles. The van der Waals surface area contributed by atoms with Gasteiger partial charge in [0.2, 0.25) is 0 Å². The first-order valence-corrected chi connectivity index (χ1v) is 33.5. The molecule has 0 aromatic heterocycles. The van der Waals surface area contributed by atoms with Crippen molar-refractivity contribution in [2.75, 3.05) is 13.2 Å². The maximum atomic E-state index is 13.2. The largest absolute Gasteiger partial charge is 0.479 e. The highest BCUT2D eigenvalue weighted by molar-refractivity contribution is 5.74. The number of carboxylic acid groups (broad SMARTS) is 1. The van der Waals surface area contributed by atoms with Crippen LogP contribution in [0.25, 0.3) is 0 Å². The van der Waals surface area contributed by atoms with E-state index in [2.05, 4.69) is 124 Å². The molecule has 0 aromatic rings. The summed E-state index contributed by atoms with van der Waals surface area (Å²) in [5, 5.41) is 31.6. The van der Waals surface area contributed by atoms with Crippen LogP contribution in [-0.2, 0) is 42.9 Å². The molecule has 6 atom stereocenters. The Morgan fingerprint density at radius 1 is 0.400 bits per heavy atom. The third kappa shape index (κ3) is 48.9. The molecular weight excluding hydrogens is 1070 g/mol. The van der Waals surface area contributed by atoms with Gasteiger partial charge in [-0.3, -0.25) is 14.4 Å². The average molecular weight is 1190 g/mol. The summed E-state index contributed by atoms with van der Waals surface area (Å²) in [6.07, 6.45) is 70.3. The maximum Gasteiger partial charge on any atom is 0.335 e. The van der Waals surface area contributed by atoms with Gasteiger partial charge in [0, 0.05) is 19.3 Å². The average Bonchev–Trinajstić information content (AvgIpc) is 2.79. The Morgan fingerprint density at radius 2 is 0.765 bits per heavy atom. The minimum atomic E-state index is -1.94. The van der Waals surface area contributed by atoms with Crippen LogP contribution in [0.3, 0.4) is 0 Å². The molecule has 1 aliphatic rings. The van der Waals surface area contributed by atoms with Crippen molar-refractivity contribution in [3.63, 3.8) is 0 Å². The van der Waals surface area contributed by atoms with Crippen LogP contribution in [0.2, 0.25) is 0 Å². The Bertz CT molecular complexity index is 1940. The number of rotatable bonds is 56. The van der Waals surface area contributed by atoms with Crippen molar-refractivity contribution in [3.8, 4) is 0 Å². The third-order valence-electron chi connectivity index (χ3n) is 14.5. The van der Waals surface area contributed by atoms with Crippen LogP contribution in [0.15, 0.2) is 122 Å². The quantitative estimate of drug-likeness (QED) is 0.0228. The van der Waals surface area contributed by atoms with Gasteiger partial charge in [-0.25, -0.2) is 4.79 Å². The SMILES string of the molecule is CC/C=C\C/C=C\C/C=C\C/C=C\C/C=C\C/C=C\CCC(=O)OC1C(OCC(COC(=O)CCCCCCCCCCCCCCCCCCCCC)OC(=O)CCCCCC/C=C\C/C=C\C/C=C\C/C=C\CC)OC(C(=O)O)C(O)C1O. The summed E-state index contributed by atoms with van der Waals surface area (Å²) < 4.78 is 28.5. The number of ether oxygens (including phenoxy) is 5. The fraction of sp³-hybridized carbons (Fsp3) is 0.671. The molecule has 12 nitrogen and oxygen atoms in total. The standard InChI is InChI=1S/C73H118O12/c1-4-7-10-13-16-19-22-25-28-31-33-36-38-41-44-47-50-53-56-59-65(74)81-62-64(83-66(75)60-57-54-51-48-45-42-39-35-30-27-24-21-18-15-12-9-6-3)63-82-73-71(69(78)68(77)70(85-73)72(79)80)84-67(76)61-58-55-52-49-46-43-40-37-34-32-29-26-23-20-17-14-11-8-5-2/h8-9,11-12,17-18,20-21,26-27,29-30,34,37,39,42-43,46,52,55,64,68-71,73,77-78H,4-7,10,13-16,19,22-25,28,31-33,35-36,38,40-41,44-45,47-51,53-54,56-63H2,1-3H3,(H,79,80)/b11-8-,12-9-,20-17-,21-18-,29-26-,30-27-,37-34-,42-39-,46-43-,55-52-. The van der Waals surface area contributed by atoms with E-state index in [9.17, 15) is 34.5 Å². The second-order valence-electron chi connectivity index (χ2n) is 22.3. The molecule has 1 rings (SSSR count). The highest BCUT2D eigenvalue weighted by atomic mass is 16.7. The van der Waals surface area contributed by atoms with Crippen LogP contribution in [0.4, 0.5) is 0 Å². The lowest BCUT2D eigenvalue weighted by molar-refractivity contribution is -0.301. The van der Waals surface area contributed by atoms with E-state index in [0.717, 1.165) is 103 Å². The van der Waals surface area contributed by atoms with E-state index in [-0.39, 0.29) is 25.9 Å². The topological polar surface area (TPSA) is 175 Å². The molecule has 482 valence electrons. The van der Waals surface area contributed by atoms with Crippen molar-refractivity contribution < 1.29 is 58.2 Å². The van der Waals surface area contributed by atoms with E-state index in [1.165, 1.54) is 96.3 Å². The molecule has 85 heavy (non-hydrogen) atoms. The van der Waals surface area contributed by atoms with Gasteiger partial charge in [0.05, 0.1) is 6.61 Å². The normalized spacial score (nSPS) is 18.2. The smallest absolute Gasteiger partial charge is 0.335 e. The number of aliphatic hydroxyl groups excluding tert-OH is 2. The number of allylic oxidation sites excluding steroid dienone is 20. The fourth-order valence-corrected chi connectivity index (χ4v) is 9.50. The molecule has 1 saturated heterocycles. The van der Waals surface area contributed by atoms with E-state index >= 15 is 0 Å². The Kier molecular flexibility index (Phi) is 54.6. The number of carboxylic acids is 1. The number of esters is 3. The van der Waals surface area contributed by atoms with Crippen molar-refractivity contribution in [1.29, 1.82) is 0 Å². The predicted octanol–water partition coefficient (Wildman–Crippen LogP) is 18.3. The summed E-state index contributed by atoms with van der Waals surface area (Å²) in [5.41, 5.74) is 0. The lowest BCUT2D eigenvalue weighted by Crippen LogP contribution is -2.61. The number of hydrogen-bond donors (Lipinski definition) is 3. The van der Waals surface area contributed by atoms with E-state index in [1.807, 2.05) is 18.2 Å². The zero-order valence-corrected chi connectivity index (χ0v) is 53.3. The number of aliphatic carboxylic acids is 1. The Morgan fingerprint density at radius 3 is 1.18 bits per heavy atom. The summed E-state index contributed by atoms with van der Waals surface area (Å²) in [6, 6.07) is 0. The van der Waals surface area contributed by atoms with E-state index in [0.29, 0.717) is 25.7 Å². The lowest BCUT2D eigenvalue weighted by atomic mass is 9.98. The highest BCUT2D eigenvalue weighted by Crippen LogP contribution is 2.26. The molecule has 12 heteroatoms. The molecule has 3 N–H and O–H groups in total. The molecule has 1 fully saturated rings. The van der Waals surface area contributed by atoms with Crippen LogP contribution in [-0.4, -0.2) is 89.2 Å². The Balaban J connectivity index is 2.71. The van der Waals surface area contributed by atoms with Gasteiger partial charge in [-0.1, -0.05) is 271 Å². The molecule has 0 saturated carbocycles. The monoisotopic (exact) mass is 1190 g/mol. The van der Waals surface area contributed by atoms with Crippen molar-refractivity contribution in [1.82, 2.24) is 0 Å². The first-order chi connectivity index (χ1) is 41.6. The van der Waals surface area contributed by atoms with Gasteiger partial charge < -0.3 is 39.0 Å². The maximum absolute atomic E-state index is 13.2. The van der Waals surface area contributed by atoms with Gasteiger partial charge in [0.15, 0.2) is 24.6 Å². The minimum Gasteiger partial charge on any atom is -0.479 e. The van der Waals surface area contributed by atoms with Gasteiger partial charge in [0.25, 0.3) is 0 Å². The van der Waals surface area contributed by atoms with Crippen molar-refractivity contribution in [2.24, 2.45) is 0 Å². The Hall–Kier alpha value is -4.88. The van der Waals surface area contributed by atoms with Gasteiger partial charge >= 0.3 is 23.9 Å². The second-order valence-corrected chi connectivity index (χ2v) is 22.3. The van der Waals surface area contributed by atoms with Crippen LogP contribution < -0.4 is 0 Å². The Labute approximate surface area is 516 Å². The minimum absolute atomic E-state index is 0.0727. The molecule has 1 aliphatic heterocycles. The first kappa shape index (κ1) is 78.1. The van der Waals surface area contributed by atoms with Crippen molar-refractivity contribution >= 4 is 23.9 Å². The van der Waals surface area contributed by atoms with E-state index < -0.39 is 67.3 Å². The first-order valence-electron chi connectivity index (χ1n) is 33.5. The molecule has 0 radical (unpaired) electrons. The fourth-order valence-electron chi connectivity index (χ4n) is 9.50. The summed E-state index contributed by atoms with van der Waals surface area (Å²) in [6.45, 7) is 5.75. The number of aliphatic hydroxyl groups is 2. The molecule has 0 amide bonds. The summed E-state index contributed by atoms with van der Waals surface area (Å²) in [7, 11) is 0. The van der Waals surface area contributed by atoms with Crippen LogP contribution in [0.1, 0.15) is 265 Å². The number of carbonyl (C=O) groups excluding carboxylic acids is 3. The number of carbonyl (C=O) groups is 4. The molecular formula is C73H118O12. The molecule has 0 bridgehead atoms. The van der Waals surface area contributed by atoms with E-state index in [4.69, 9.17) is 23.7 Å². The lowest BCUT2D eigenvalue weighted by Gasteiger charge is -2.40. The second kappa shape index (κ2) is 59.5. The van der Waals surface area contributed by atoms with Crippen LogP contribution in [0.5, 0.6) is 0 Å². The van der Waals surface area contributed by atoms with Crippen LogP contribution >= 0.6 is 0 Å². The van der Waals surface area contributed by atoms with Crippen molar-refractivity contribution in [2.45, 2.75) is 302 Å². The zero-order valence-electron chi connectivity index (χ0n) is 53.3. The zero-order chi connectivity index (χ0) is 61.7. The summed E-state index contributed by atoms with van der Waals surface area (Å²) >= 11 is 0. The number of hydrogen-bond acceptors (Lipinski definition) is 11. The van der Waals surface area contributed by atoms with Gasteiger partial charge in [-0.2, -0.15) is 0 Å².